The van der Waals surface area contributed by atoms with Crippen LogP contribution < -0.4 is 0 Å². The van der Waals surface area contributed by atoms with Crippen molar-refractivity contribution in [3.05, 3.63) is 0 Å². The van der Waals surface area contributed by atoms with Gasteiger partial charge in [-0.2, -0.15) is 0 Å². The predicted molar refractivity (Wildman–Crippen MR) is 54.6 cm³/mol. The van der Waals surface area contributed by atoms with Crippen LogP contribution in [0.15, 0.2) is 0 Å². The van der Waals surface area contributed by atoms with E-state index < -0.39 is 23.0 Å². The molecule has 0 aliphatic heterocycles. The molecule has 2 nitrogen and oxygen atoms in total. The van der Waals surface area contributed by atoms with Crippen LogP contribution in [-0.4, -0.2) is 27.4 Å². The number of aliphatic hydroxyl groups is 1. The van der Waals surface area contributed by atoms with Crippen LogP contribution in [-0.2, 0) is 0 Å². The molecule has 1 unspecified atom stereocenters. The van der Waals surface area contributed by atoms with Gasteiger partial charge < -0.3 is 14.4 Å². The SMILES string of the molecule is CC(B(O)I)B(F)C(C)(C)O. The molecule has 0 saturated carbocycles. The highest BCUT2D eigenvalue weighted by Crippen LogP contribution is 2.24. The van der Waals surface area contributed by atoms with Crippen molar-refractivity contribution in [2.75, 3.05) is 0 Å². The fourth-order valence-corrected chi connectivity index (χ4v) is 1.15. The van der Waals surface area contributed by atoms with E-state index in [1.807, 2.05) is 0 Å². The zero-order chi connectivity index (χ0) is 9.23. The molecule has 6 heteroatoms. The van der Waals surface area contributed by atoms with Crippen molar-refractivity contribution in [3.8, 4) is 0 Å². The Morgan fingerprint density at radius 3 is 2.00 bits per heavy atom. The smallest absolute Gasteiger partial charge is 0.378 e. The molecular weight excluding hydrogens is 260 g/mol. The summed E-state index contributed by atoms with van der Waals surface area (Å²) in [5.41, 5.74) is -1.92. The van der Waals surface area contributed by atoms with Gasteiger partial charge in [0.25, 0.3) is 0 Å². The molecule has 0 amide bonds. The predicted octanol–water partition coefficient (Wildman–Crippen LogP) is 1.10. The van der Waals surface area contributed by atoms with Gasteiger partial charge in [0, 0.05) is 0 Å². The Hall–Kier alpha value is 0.710. The standard InChI is InChI=1S/C5H12B2FIO2/c1-4(7(9)11)6(8)5(2,3)10/h4,10-11H,1-3H3. The van der Waals surface area contributed by atoms with Crippen molar-refractivity contribution < 1.29 is 14.4 Å². The van der Waals surface area contributed by atoms with Gasteiger partial charge in [-0.3, -0.25) is 0 Å². The van der Waals surface area contributed by atoms with Gasteiger partial charge in [0.1, 0.15) is 0 Å². The van der Waals surface area contributed by atoms with Crippen LogP contribution >= 0.6 is 22.4 Å². The minimum Gasteiger partial charge on any atom is -0.442 e. The van der Waals surface area contributed by atoms with E-state index >= 15 is 0 Å². The van der Waals surface area contributed by atoms with E-state index in [2.05, 4.69) is 0 Å². The third kappa shape index (κ3) is 3.75. The molecule has 11 heavy (non-hydrogen) atoms. The van der Waals surface area contributed by atoms with E-state index in [1.165, 1.54) is 13.8 Å². The van der Waals surface area contributed by atoms with Crippen molar-refractivity contribution in [2.45, 2.75) is 32.0 Å². The van der Waals surface area contributed by atoms with Crippen LogP contribution in [0.25, 0.3) is 0 Å². The summed E-state index contributed by atoms with van der Waals surface area (Å²) in [7, 11) is 0. The van der Waals surface area contributed by atoms with Gasteiger partial charge in [-0.15, -0.1) is 22.4 Å². The van der Waals surface area contributed by atoms with Crippen LogP contribution in [0.2, 0.25) is 5.72 Å². The molecule has 2 N–H and O–H groups in total. The normalized spacial score (nSPS) is 14.5. The first kappa shape index (κ1) is 11.7. The van der Waals surface area contributed by atoms with E-state index in [4.69, 9.17) is 5.02 Å². The molecule has 1 atom stereocenters. The fourth-order valence-electron chi connectivity index (χ4n) is 0.783. The van der Waals surface area contributed by atoms with Gasteiger partial charge >= 0.3 is 11.8 Å². The van der Waals surface area contributed by atoms with Gasteiger partial charge in [0.2, 0.25) is 0 Å². The van der Waals surface area contributed by atoms with E-state index in [-0.39, 0.29) is 0 Å². The molecule has 0 rings (SSSR count). The Balaban J connectivity index is 4.13. The quantitative estimate of drug-likeness (QED) is 0.596. The minimum absolute atomic E-state index is 0.546. The largest absolute Gasteiger partial charge is 0.442 e. The molecule has 0 saturated heterocycles. The molecule has 0 aromatic rings. The van der Waals surface area contributed by atoms with E-state index in [9.17, 15) is 9.42 Å². The van der Waals surface area contributed by atoms with Gasteiger partial charge in [-0.25, -0.2) is 0 Å². The Morgan fingerprint density at radius 1 is 1.55 bits per heavy atom. The lowest BCUT2D eigenvalue weighted by molar-refractivity contribution is 0.150. The van der Waals surface area contributed by atoms with Crippen LogP contribution in [0.4, 0.5) is 4.32 Å². The molecule has 0 heterocycles. The average molecular weight is 272 g/mol. The van der Waals surface area contributed by atoms with Gasteiger partial charge in [-0.1, -0.05) is 6.92 Å². The number of hydrogen-bond donors (Lipinski definition) is 2. The second-order valence-electron chi connectivity index (χ2n) is 3.29. The third-order valence-corrected chi connectivity index (χ3v) is 2.70. The van der Waals surface area contributed by atoms with Crippen LogP contribution in [0.5, 0.6) is 0 Å². The van der Waals surface area contributed by atoms with E-state index in [1.54, 1.807) is 29.3 Å². The maximum Gasteiger partial charge on any atom is 0.378 e. The highest BCUT2D eigenvalue weighted by Gasteiger charge is 2.41. The summed E-state index contributed by atoms with van der Waals surface area (Å²) in [5.74, 6) is 0. The highest BCUT2D eigenvalue weighted by molar-refractivity contribution is 14.1. The lowest BCUT2D eigenvalue weighted by Gasteiger charge is -2.23. The Bertz CT molecular complexity index is 128. The van der Waals surface area contributed by atoms with E-state index in [0.717, 1.165) is 0 Å². The molecule has 0 radical (unpaired) electrons. The molecule has 0 aliphatic rings. The molecule has 0 spiro atoms. The maximum absolute atomic E-state index is 13.1. The lowest BCUT2D eigenvalue weighted by Crippen LogP contribution is -2.43. The second kappa shape index (κ2) is 4.09. The third-order valence-electron chi connectivity index (χ3n) is 1.57. The molecule has 0 aromatic heterocycles. The van der Waals surface area contributed by atoms with E-state index in [0.29, 0.717) is 0 Å². The Labute approximate surface area is 80.7 Å². The first-order chi connectivity index (χ1) is 4.76. The Morgan fingerprint density at radius 2 is 1.91 bits per heavy atom. The zero-order valence-corrected chi connectivity index (χ0v) is 9.04. The summed E-state index contributed by atoms with van der Waals surface area (Å²) < 4.78 is 12.4. The number of hydrogen-bond acceptors (Lipinski definition) is 2. The summed E-state index contributed by atoms with van der Waals surface area (Å²) >= 11 is 1.73. The van der Waals surface area contributed by atoms with Crippen LogP contribution in [0.3, 0.4) is 0 Å². The monoisotopic (exact) mass is 272 g/mol. The first-order valence-electron chi connectivity index (χ1n) is 3.45. The summed E-state index contributed by atoms with van der Waals surface area (Å²) in [6.07, 6.45) is 0. The number of halogens is 2. The average Bonchev–Trinajstić information content (AvgIpc) is 1.82. The van der Waals surface area contributed by atoms with Crippen molar-refractivity contribution >= 4 is 34.1 Å². The molecular formula is C5H12B2FIO2. The molecule has 64 valence electrons. The summed E-state index contributed by atoms with van der Waals surface area (Å²) in [4.78, 5) is 0. The zero-order valence-electron chi connectivity index (χ0n) is 6.88. The molecule has 0 aliphatic carbocycles. The first-order valence-corrected chi connectivity index (χ1v) is 4.70. The van der Waals surface area contributed by atoms with Crippen LogP contribution in [0, 0.1) is 0 Å². The summed E-state index contributed by atoms with van der Waals surface area (Å²) in [6.45, 7) is 2.97. The minimum atomic E-state index is -1.39. The lowest BCUT2D eigenvalue weighted by atomic mass is 9.41. The van der Waals surface area contributed by atoms with Crippen LogP contribution in [0.1, 0.15) is 20.8 Å². The van der Waals surface area contributed by atoms with Crippen molar-refractivity contribution in [1.82, 2.24) is 0 Å². The van der Waals surface area contributed by atoms with Crippen molar-refractivity contribution in [1.29, 1.82) is 0 Å². The number of rotatable bonds is 3. The topological polar surface area (TPSA) is 40.5 Å². The summed E-state index contributed by atoms with van der Waals surface area (Å²) in [6, 6.07) is 0. The molecule has 0 aromatic carbocycles. The molecule has 0 bridgehead atoms. The highest BCUT2D eigenvalue weighted by atomic mass is 127. The Kier molecular flexibility index (Phi) is 4.36. The summed E-state index contributed by atoms with van der Waals surface area (Å²) in [5, 5.41) is 18.2. The van der Waals surface area contributed by atoms with Gasteiger partial charge in [0.05, 0.1) is 5.50 Å². The van der Waals surface area contributed by atoms with Gasteiger partial charge in [-0.05, 0) is 19.6 Å². The molecule has 0 fully saturated rings. The van der Waals surface area contributed by atoms with Crippen molar-refractivity contribution in [2.24, 2.45) is 0 Å². The second-order valence-corrected chi connectivity index (χ2v) is 4.56. The van der Waals surface area contributed by atoms with Crippen molar-refractivity contribution in [3.63, 3.8) is 0 Å². The van der Waals surface area contributed by atoms with Gasteiger partial charge in [0.15, 0.2) is 0 Å². The fraction of sp³-hybridized carbons (Fsp3) is 1.00. The maximum atomic E-state index is 13.1.